The maximum Gasteiger partial charge on any atom is 0.0839 e. The molecule has 96 valence electrons. The largest absolute Gasteiger partial charge is 0.327 e. The highest BCUT2D eigenvalue weighted by Crippen LogP contribution is 2.20. The van der Waals surface area contributed by atoms with E-state index in [9.17, 15) is 5.26 Å². The molecule has 0 amide bonds. The second kappa shape index (κ2) is 5.99. The van der Waals surface area contributed by atoms with Crippen LogP contribution in [0.3, 0.4) is 0 Å². The van der Waals surface area contributed by atoms with Gasteiger partial charge < -0.3 is 5.73 Å². The van der Waals surface area contributed by atoms with E-state index in [2.05, 4.69) is 17.9 Å². The Hall–Kier alpha value is -1.37. The van der Waals surface area contributed by atoms with Crippen molar-refractivity contribution in [2.75, 3.05) is 19.6 Å². The first kappa shape index (κ1) is 13.1. The molecule has 1 heterocycles. The molecule has 1 aromatic rings. The normalized spacial score (nSPS) is 26.5. The minimum Gasteiger partial charge on any atom is -0.327 e. The summed E-state index contributed by atoms with van der Waals surface area (Å²) in [5.74, 6) is 0.576. The van der Waals surface area contributed by atoms with E-state index in [-0.39, 0.29) is 12.0 Å². The van der Waals surface area contributed by atoms with Crippen molar-refractivity contribution in [1.82, 2.24) is 4.90 Å². The lowest BCUT2D eigenvalue weighted by atomic mass is 9.94. The molecule has 2 N–H and O–H groups in total. The molecule has 3 atom stereocenters. The summed E-state index contributed by atoms with van der Waals surface area (Å²) in [5, 5.41) is 9.33. The molecule has 1 fully saturated rings. The minimum absolute atomic E-state index is 0.0521. The Kier molecular flexibility index (Phi) is 4.35. The van der Waals surface area contributed by atoms with Crippen molar-refractivity contribution in [1.29, 1.82) is 5.26 Å². The molecule has 1 saturated heterocycles. The summed E-state index contributed by atoms with van der Waals surface area (Å²) in [6.45, 7) is 4.99. The second-order valence-electron chi connectivity index (χ2n) is 5.41. The first-order chi connectivity index (χ1) is 8.69. The number of nitriles is 1. The van der Waals surface area contributed by atoms with E-state index < -0.39 is 0 Å². The Morgan fingerprint density at radius 3 is 2.72 bits per heavy atom. The van der Waals surface area contributed by atoms with Crippen LogP contribution in [0.5, 0.6) is 0 Å². The number of rotatable bonds is 3. The van der Waals surface area contributed by atoms with Gasteiger partial charge in [-0.15, -0.1) is 0 Å². The summed E-state index contributed by atoms with van der Waals surface area (Å²) < 4.78 is 0. The quantitative estimate of drug-likeness (QED) is 0.883. The molecule has 18 heavy (non-hydrogen) atoms. The van der Waals surface area contributed by atoms with Gasteiger partial charge in [-0.25, -0.2) is 0 Å². The number of likely N-dealkylation sites (tertiary alicyclic amines) is 1. The van der Waals surface area contributed by atoms with Gasteiger partial charge in [-0.2, -0.15) is 5.26 Å². The summed E-state index contributed by atoms with van der Waals surface area (Å²) in [5.41, 5.74) is 7.15. The molecule has 0 bridgehead atoms. The molecule has 0 aliphatic carbocycles. The number of piperidine rings is 1. The highest BCUT2D eigenvalue weighted by atomic mass is 15.1. The third kappa shape index (κ3) is 3.32. The molecule has 2 rings (SSSR count). The van der Waals surface area contributed by atoms with E-state index in [1.165, 1.54) is 0 Å². The number of hydrogen-bond acceptors (Lipinski definition) is 3. The molecule has 0 aromatic heterocycles. The molecule has 3 unspecified atom stereocenters. The van der Waals surface area contributed by atoms with Crippen LogP contribution in [-0.4, -0.2) is 30.6 Å². The Morgan fingerprint density at radius 2 is 2.11 bits per heavy atom. The summed E-state index contributed by atoms with van der Waals surface area (Å²) in [7, 11) is 0. The lowest BCUT2D eigenvalue weighted by molar-refractivity contribution is 0.163. The molecule has 3 heteroatoms. The SMILES string of the molecule is CC1CC(N)CN(CC(C#N)c2ccccc2)C1. The average molecular weight is 243 g/mol. The van der Waals surface area contributed by atoms with Crippen LogP contribution in [-0.2, 0) is 0 Å². The molecule has 1 aliphatic heterocycles. The fraction of sp³-hybridized carbons (Fsp3) is 0.533. The molecule has 0 spiro atoms. The van der Waals surface area contributed by atoms with Crippen molar-refractivity contribution in [3.8, 4) is 6.07 Å². The van der Waals surface area contributed by atoms with Gasteiger partial charge in [-0.1, -0.05) is 37.3 Å². The molecule has 0 saturated carbocycles. The molecule has 1 aliphatic rings. The zero-order valence-electron chi connectivity index (χ0n) is 10.9. The van der Waals surface area contributed by atoms with E-state index in [4.69, 9.17) is 5.73 Å². The van der Waals surface area contributed by atoms with Gasteiger partial charge in [0.2, 0.25) is 0 Å². The zero-order valence-corrected chi connectivity index (χ0v) is 10.9. The van der Waals surface area contributed by atoms with Gasteiger partial charge in [0.25, 0.3) is 0 Å². The van der Waals surface area contributed by atoms with Gasteiger partial charge in [0.05, 0.1) is 12.0 Å². The molecule has 3 nitrogen and oxygen atoms in total. The van der Waals surface area contributed by atoms with Gasteiger partial charge in [0.15, 0.2) is 0 Å². The smallest absolute Gasteiger partial charge is 0.0839 e. The van der Waals surface area contributed by atoms with Gasteiger partial charge in [0.1, 0.15) is 0 Å². The van der Waals surface area contributed by atoms with Crippen molar-refractivity contribution in [3.05, 3.63) is 35.9 Å². The Bertz CT molecular complexity index is 399. The fourth-order valence-electron chi connectivity index (χ4n) is 2.83. The summed E-state index contributed by atoms with van der Waals surface area (Å²) >= 11 is 0. The average Bonchev–Trinajstić information content (AvgIpc) is 2.36. The first-order valence-corrected chi connectivity index (χ1v) is 6.61. The third-order valence-electron chi connectivity index (χ3n) is 3.57. The maximum absolute atomic E-state index is 9.33. The predicted molar refractivity (Wildman–Crippen MR) is 73.0 cm³/mol. The molecular weight excluding hydrogens is 222 g/mol. The van der Waals surface area contributed by atoms with E-state index in [1.807, 2.05) is 30.3 Å². The molecular formula is C15H21N3. The first-order valence-electron chi connectivity index (χ1n) is 6.61. The van der Waals surface area contributed by atoms with E-state index in [0.29, 0.717) is 5.92 Å². The van der Waals surface area contributed by atoms with Gasteiger partial charge in [-0.3, -0.25) is 4.90 Å². The number of hydrogen-bond donors (Lipinski definition) is 1. The monoisotopic (exact) mass is 243 g/mol. The van der Waals surface area contributed by atoms with E-state index in [0.717, 1.165) is 31.6 Å². The van der Waals surface area contributed by atoms with Gasteiger partial charge >= 0.3 is 0 Å². The van der Waals surface area contributed by atoms with Crippen molar-refractivity contribution in [2.24, 2.45) is 11.7 Å². The Labute approximate surface area is 109 Å². The highest BCUT2D eigenvalue weighted by molar-refractivity contribution is 5.25. The standard InChI is InChI=1S/C15H21N3/c1-12-7-15(17)11-18(9-12)10-14(8-16)13-5-3-2-4-6-13/h2-6,12,14-15H,7,9-11,17H2,1H3. The van der Waals surface area contributed by atoms with Crippen LogP contribution in [0.15, 0.2) is 30.3 Å². The van der Waals surface area contributed by atoms with Crippen molar-refractivity contribution < 1.29 is 0 Å². The van der Waals surface area contributed by atoms with E-state index >= 15 is 0 Å². The topological polar surface area (TPSA) is 53.0 Å². The molecule has 0 radical (unpaired) electrons. The Morgan fingerprint density at radius 1 is 1.39 bits per heavy atom. The number of nitrogens with zero attached hydrogens (tertiary/aromatic N) is 2. The predicted octanol–water partition coefficient (Wildman–Crippen LogP) is 1.96. The third-order valence-corrected chi connectivity index (χ3v) is 3.57. The van der Waals surface area contributed by atoms with Gasteiger partial charge in [0, 0.05) is 25.7 Å². The summed E-state index contributed by atoms with van der Waals surface area (Å²) in [4.78, 5) is 2.33. The number of benzene rings is 1. The van der Waals surface area contributed by atoms with Crippen LogP contribution in [0.25, 0.3) is 0 Å². The lowest BCUT2D eigenvalue weighted by Crippen LogP contribution is -2.47. The summed E-state index contributed by atoms with van der Waals surface area (Å²) in [6, 6.07) is 12.7. The lowest BCUT2D eigenvalue weighted by Gasteiger charge is -2.35. The molecule has 1 aromatic carbocycles. The van der Waals surface area contributed by atoms with E-state index in [1.54, 1.807) is 0 Å². The minimum atomic E-state index is -0.0521. The van der Waals surface area contributed by atoms with Crippen LogP contribution >= 0.6 is 0 Å². The number of nitrogens with two attached hydrogens (primary N) is 1. The van der Waals surface area contributed by atoms with Crippen LogP contribution in [0.4, 0.5) is 0 Å². The second-order valence-corrected chi connectivity index (χ2v) is 5.41. The van der Waals surface area contributed by atoms with Crippen molar-refractivity contribution in [2.45, 2.75) is 25.3 Å². The maximum atomic E-state index is 9.33. The van der Waals surface area contributed by atoms with Crippen LogP contribution < -0.4 is 5.73 Å². The highest BCUT2D eigenvalue weighted by Gasteiger charge is 2.24. The van der Waals surface area contributed by atoms with Crippen molar-refractivity contribution in [3.63, 3.8) is 0 Å². The zero-order chi connectivity index (χ0) is 13.0. The van der Waals surface area contributed by atoms with Crippen LogP contribution in [0, 0.1) is 17.2 Å². The van der Waals surface area contributed by atoms with Gasteiger partial charge in [-0.05, 0) is 17.9 Å². The van der Waals surface area contributed by atoms with Crippen LogP contribution in [0.2, 0.25) is 0 Å². The Balaban J connectivity index is 2.01. The fourth-order valence-corrected chi connectivity index (χ4v) is 2.83. The van der Waals surface area contributed by atoms with Crippen molar-refractivity contribution >= 4 is 0 Å². The van der Waals surface area contributed by atoms with Crippen LogP contribution in [0.1, 0.15) is 24.8 Å². The summed E-state index contributed by atoms with van der Waals surface area (Å²) in [6.07, 6.45) is 1.10.